The van der Waals surface area contributed by atoms with E-state index in [0.29, 0.717) is 31.4 Å². The van der Waals surface area contributed by atoms with Crippen LogP contribution < -0.4 is 0 Å². The van der Waals surface area contributed by atoms with E-state index in [1.807, 2.05) is 66.7 Å². The molecule has 2 aliphatic rings. The van der Waals surface area contributed by atoms with Gasteiger partial charge in [-0.2, -0.15) is 0 Å². The summed E-state index contributed by atoms with van der Waals surface area (Å²) < 4.78 is 6.17. The zero-order chi connectivity index (χ0) is 23.5. The first-order valence-corrected chi connectivity index (χ1v) is 11.9. The van der Waals surface area contributed by atoms with E-state index in [0.717, 1.165) is 17.5 Å². The largest absolute Gasteiger partial charge is 0.480 e. The Morgan fingerprint density at radius 2 is 1.41 bits per heavy atom. The van der Waals surface area contributed by atoms with Gasteiger partial charge in [-0.1, -0.05) is 91.0 Å². The van der Waals surface area contributed by atoms with E-state index in [1.165, 1.54) is 10.5 Å². The maximum Gasteiger partial charge on any atom is 0.326 e. The minimum absolute atomic E-state index is 0.190. The normalized spacial score (nSPS) is 23.7. The molecule has 0 bridgehead atoms. The fraction of sp³-hybridized carbons (Fsp3) is 0.310. The van der Waals surface area contributed by atoms with Crippen LogP contribution in [0, 0.1) is 5.92 Å². The first-order chi connectivity index (χ1) is 16.6. The van der Waals surface area contributed by atoms with E-state index in [9.17, 15) is 14.7 Å². The summed E-state index contributed by atoms with van der Waals surface area (Å²) in [7, 11) is 0. The molecular weight excluding hydrogens is 426 g/mol. The van der Waals surface area contributed by atoms with E-state index < -0.39 is 17.9 Å². The third kappa shape index (κ3) is 4.75. The van der Waals surface area contributed by atoms with Crippen LogP contribution in [0.4, 0.5) is 0 Å². The SMILES string of the molecule is O=C(O)C1CC(OCC2CC2c2ccccc2)CN1C(=O)C(c1ccccc1)c1ccccc1. The molecule has 34 heavy (non-hydrogen) atoms. The summed E-state index contributed by atoms with van der Waals surface area (Å²) in [6.07, 6.45) is 1.14. The van der Waals surface area contributed by atoms with Crippen LogP contribution in [0.2, 0.25) is 0 Å². The quantitative estimate of drug-likeness (QED) is 0.535. The summed E-state index contributed by atoms with van der Waals surface area (Å²) in [6, 6.07) is 28.7. The number of aliphatic carboxylic acids is 1. The van der Waals surface area contributed by atoms with Crippen molar-refractivity contribution in [2.75, 3.05) is 13.2 Å². The van der Waals surface area contributed by atoms with E-state index in [2.05, 4.69) is 24.3 Å². The number of amides is 1. The average Bonchev–Trinajstić information content (AvgIpc) is 3.53. The smallest absolute Gasteiger partial charge is 0.326 e. The molecule has 3 aromatic carbocycles. The number of carboxylic acids is 1. The minimum Gasteiger partial charge on any atom is -0.480 e. The molecule has 1 saturated heterocycles. The maximum absolute atomic E-state index is 13.8. The van der Waals surface area contributed by atoms with Gasteiger partial charge in [-0.05, 0) is 34.9 Å². The van der Waals surface area contributed by atoms with Crippen molar-refractivity contribution in [2.45, 2.75) is 36.8 Å². The highest BCUT2D eigenvalue weighted by Gasteiger charge is 2.44. The fourth-order valence-corrected chi connectivity index (χ4v) is 5.13. The number of carbonyl (C=O) groups is 2. The third-order valence-corrected chi connectivity index (χ3v) is 7.04. The molecule has 1 amide bonds. The number of rotatable bonds is 8. The number of carboxylic acid groups (broad SMARTS) is 1. The van der Waals surface area contributed by atoms with Crippen molar-refractivity contribution in [1.29, 1.82) is 0 Å². The molecular formula is C29H29NO4. The molecule has 5 rings (SSSR count). The molecule has 1 aliphatic carbocycles. The highest BCUT2D eigenvalue weighted by atomic mass is 16.5. The van der Waals surface area contributed by atoms with E-state index in [1.54, 1.807) is 0 Å². The van der Waals surface area contributed by atoms with Gasteiger partial charge in [0.2, 0.25) is 5.91 Å². The second-order valence-corrected chi connectivity index (χ2v) is 9.30. The summed E-state index contributed by atoms with van der Waals surface area (Å²) in [5.41, 5.74) is 3.04. The Kier molecular flexibility index (Phi) is 6.45. The second-order valence-electron chi connectivity index (χ2n) is 9.30. The van der Waals surface area contributed by atoms with Crippen molar-refractivity contribution in [1.82, 2.24) is 4.90 Å². The topological polar surface area (TPSA) is 66.8 Å². The molecule has 4 atom stereocenters. The van der Waals surface area contributed by atoms with Gasteiger partial charge in [-0.15, -0.1) is 0 Å². The van der Waals surface area contributed by atoms with Crippen molar-refractivity contribution >= 4 is 11.9 Å². The summed E-state index contributed by atoms with van der Waals surface area (Å²) in [4.78, 5) is 27.4. The number of ether oxygens (including phenoxy) is 1. The summed E-state index contributed by atoms with van der Waals surface area (Å²) in [5, 5.41) is 9.90. The van der Waals surface area contributed by atoms with Gasteiger partial charge in [-0.25, -0.2) is 4.79 Å². The average molecular weight is 456 g/mol. The number of benzene rings is 3. The fourth-order valence-electron chi connectivity index (χ4n) is 5.13. The highest BCUT2D eigenvalue weighted by molar-refractivity contribution is 5.91. The lowest BCUT2D eigenvalue weighted by Gasteiger charge is -2.27. The Balaban J connectivity index is 1.29. The standard InChI is InChI=1S/C29H29NO4/c31-28(27(21-12-6-2-7-13-21)22-14-8-3-9-15-22)30-18-24(17-26(30)29(32)33)34-19-23-16-25(23)20-10-4-1-5-11-20/h1-15,23-27H,16-19H2,(H,32,33). The van der Waals surface area contributed by atoms with Gasteiger partial charge in [0.25, 0.3) is 0 Å². The van der Waals surface area contributed by atoms with Crippen molar-refractivity contribution in [3.05, 3.63) is 108 Å². The summed E-state index contributed by atoms with van der Waals surface area (Å²) in [6.45, 7) is 0.897. The van der Waals surface area contributed by atoms with Crippen LogP contribution in [0.15, 0.2) is 91.0 Å². The Hall–Kier alpha value is -3.44. The van der Waals surface area contributed by atoms with Crippen LogP contribution in [0.25, 0.3) is 0 Å². The highest BCUT2D eigenvalue weighted by Crippen LogP contribution is 2.47. The Morgan fingerprint density at radius 1 is 0.853 bits per heavy atom. The molecule has 3 aromatic rings. The van der Waals surface area contributed by atoms with E-state index in [-0.39, 0.29) is 12.0 Å². The molecule has 5 nitrogen and oxygen atoms in total. The number of likely N-dealkylation sites (tertiary alicyclic amines) is 1. The van der Waals surface area contributed by atoms with Crippen molar-refractivity contribution in [3.8, 4) is 0 Å². The number of nitrogens with zero attached hydrogens (tertiary/aromatic N) is 1. The van der Waals surface area contributed by atoms with Gasteiger partial charge in [-0.3, -0.25) is 4.79 Å². The van der Waals surface area contributed by atoms with Crippen LogP contribution in [-0.2, 0) is 14.3 Å². The van der Waals surface area contributed by atoms with Crippen molar-refractivity contribution < 1.29 is 19.4 Å². The zero-order valence-electron chi connectivity index (χ0n) is 19.0. The summed E-state index contributed by atoms with van der Waals surface area (Å²) in [5.74, 6) is -0.751. The van der Waals surface area contributed by atoms with Gasteiger partial charge < -0.3 is 14.7 Å². The lowest BCUT2D eigenvalue weighted by Crippen LogP contribution is -2.43. The van der Waals surface area contributed by atoms with Crippen LogP contribution in [0.3, 0.4) is 0 Å². The molecule has 0 aromatic heterocycles. The maximum atomic E-state index is 13.8. The number of hydrogen-bond donors (Lipinski definition) is 1. The van der Waals surface area contributed by atoms with Gasteiger partial charge in [0.15, 0.2) is 0 Å². The van der Waals surface area contributed by atoms with Gasteiger partial charge in [0, 0.05) is 13.0 Å². The Labute approximate surface area is 200 Å². The van der Waals surface area contributed by atoms with Crippen molar-refractivity contribution in [3.63, 3.8) is 0 Å². The lowest BCUT2D eigenvalue weighted by atomic mass is 9.90. The van der Waals surface area contributed by atoms with Crippen LogP contribution in [-0.4, -0.2) is 47.2 Å². The molecule has 1 aliphatic heterocycles. The Morgan fingerprint density at radius 3 is 1.97 bits per heavy atom. The first kappa shape index (κ1) is 22.4. The molecule has 1 N–H and O–H groups in total. The molecule has 2 fully saturated rings. The third-order valence-electron chi connectivity index (χ3n) is 7.04. The minimum atomic E-state index is -0.979. The molecule has 0 spiro atoms. The predicted molar refractivity (Wildman–Crippen MR) is 130 cm³/mol. The number of carbonyl (C=O) groups excluding carboxylic acids is 1. The van der Waals surface area contributed by atoms with Crippen molar-refractivity contribution in [2.24, 2.45) is 5.92 Å². The van der Waals surface area contributed by atoms with Gasteiger partial charge in [0.1, 0.15) is 6.04 Å². The molecule has 1 heterocycles. The lowest BCUT2D eigenvalue weighted by molar-refractivity contribution is -0.148. The van der Waals surface area contributed by atoms with Crippen LogP contribution in [0.1, 0.15) is 41.4 Å². The second kappa shape index (κ2) is 9.82. The monoisotopic (exact) mass is 455 g/mol. The first-order valence-electron chi connectivity index (χ1n) is 11.9. The molecule has 5 heteroatoms. The zero-order valence-corrected chi connectivity index (χ0v) is 19.0. The molecule has 0 radical (unpaired) electrons. The van der Waals surface area contributed by atoms with Crippen LogP contribution >= 0.6 is 0 Å². The molecule has 1 saturated carbocycles. The molecule has 4 unspecified atom stereocenters. The van der Waals surface area contributed by atoms with Crippen LogP contribution in [0.5, 0.6) is 0 Å². The van der Waals surface area contributed by atoms with E-state index >= 15 is 0 Å². The predicted octanol–water partition coefficient (Wildman–Crippen LogP) is 4.69. The number of hydrogen-bond acceptors (Lipinski definition) is 3. The molecule has 174 valence electrons. The Bertz CT molecular complexity index is 1080. The van der Waals surface area contributed by atoms with Gasteiger partial charge >= 0.3 is 5.97 Å². The van der Waals surface area contributed by atoms with Gasteiger partial charge in [0.05, 0.1) is 18.6 Å². The van der Waals surface area contributed by atoms with E-state index in [4.69, 9.17) is 4.74 Å². The summed E-state index contributed by atoms with van der Waals surface area (Å²) >= 11 is 0.